The lowest BCUT2D eigenvalue weighted by atomic mass is 10.1. The first kappa shape index (κ1) is 16.8. The second kappa shape index (κ2) is 9.33. The van der Waals surface area contributed by atoms with E-state index < -0.39 is 0 Å². The maximum atomic E-state index is 5.85. The molecule has 0 aromatic heterocycles. The van der Waals surface area contributed by atoms with Crippen molar-refractivity contribution in [2.75, 3.05) is 26.2 Å². The summed E-state index contributed by atoms with van der Waals surface area (Å²) < 4.78 is 11.6. The highest BCUT2D eigenvalue weighted by Gasteiger charge is 2.12. The molecule has 1 aliphatic rings. The Balaban J connectivity index is 1.35. The highest BCUT2D eigenvalue weighted by atomic mass is 16.5. The molecule has 1 N–H and O–H groups in total. The molecule has 24 heavy (non-hydrogen) atoms. The molecule has 3 rings (SSSR count). The van der Waals surface area contributed by atoms with Crippen molar-refractivity contribution in [2.45, 2.75) is 32.3 Å². The summed E-state index contributed by atoms with van der Waals surface area (Å²) in [6.07, 6.45) is 5.32. The summed E-state index contributed by atoms with van der Waals surface area (Å²) >= 11 is 0. The van der Waals surface area contributed by atoms with E-state index in [0.717, 1.165) is 24.5 Å². The van der Waals surface area contributed by atoms with Crippen molar-refractivity contribution in [2.24, 2.45) is 0 Å². The molecule has 0 bridgehead atoms. The van der Waals surface area contributed by atoms with Gasteiger partial charge < -0.3 is 14.4 Å². The Labute approximate surface area is 145 Å². The lowest BCUT2D eigenvalue weighted by Gasteiger charge is -2.23. The van der Waals surface area contributed by atoms with Crippen LogP contribution in [-0.2, 0) is 6.61 Å². The topological polar surface area (TPSA) is 22.9 Å². The average molecular weight is 326 g/mol. The van der Waals surface area contributed by atoms with Gasteiger partial charge in [0.25, 0.3) is 0 Å². The van der Waals surface area contributed by atoms with E-state index in [9.17, 15) is 0 Å². The van der Waals surface area contributed by atoms with Crippen LogP contribution in [0.15, 0.2) is 54.6 Å². The quantitative estimate of drug-likeness (QED) is 0.753. The zero-order valence-electron chi connectivity index (χ0n) is 14.4. The Morgan fingerprint density at radius 3 is 2.12 bits per heavy atom. The highest BCUT2D eigenvalue weighted by Crippen LogP contribution is 2.18. The van der Waals surface area contributed by atoms with Gasteiger partial charge in [-0.25, -0.2) is 0 Å². The second-order valence-corrected chi connectivity index (χ2v) is 6.51. The summed E-state index contributed by atoms with van der Waals surface area (Å²) in [5.74, 6) is 1.81. The molecule has 128 valence electrons. The minimum atomic E-state index is 0.597. The molecule has 1 heterocycles. The molecule has 0 radical (unpaired) electrons. The van der Waals surface area contributed by atoms with Gasteiger partial charge in [-0.3, -0.25) is 0 Å². The summed E-state index contributed by atoms with van der Waals surface area (Å²) in [5.41, 5.74) is 1.18. The van der Waals surface area contributed by atoms with Gasteiger partial charge in [-0.1, -0.05) is 30.3 Å². The van der Waals surface area contributed by atoms with Crippen LogP contribution in [0.3, 0.4) is 0 Å². The van der Waals surface area contributed by atoms with Crippen molar-refractivity contribution < 1.29 is 14.4 Å². The standard InChI is InChI=1S/C21H27NO2/c1-3-8-19(9-4-1)18-24-21-12-10-20(11-13-21)23-17-7-16-22-14-5-2-6-15-22/h1,3-4,8-13H,2,5-7,14-18H2/p+1. The number of nitrogens with one attached hydrogen (secondary N) is 1. The van der Waals surface area contributed by atoms with Gasteiger partial charge in [-0.05, 0) is 49.1 Å². The smallest absolute Gasteiger partial charge is 0.120 e. The van der Waals surface area contributed by atoms with Gasteiger partial charge in [-0.2, -0.15) is 0 Å². The van der Waals surface area contributed by atoms with Gasteiger partial charge in [0.05, 0.1) is 26.2 Å². The molecule has 1 aliphatic heterocycles. The summed E-state index contributed by atoms with van der Waals surface area (Å²) in [5, 5.41) is 0. The number of hydrogen-bond acceptors (Lipinski definition) is 2. The predicted octanol–water partition coefficient (Wildman–Crippen LogP) is 3.10. The van der Waals surface area contributed by atoms with Crippen LogP contribution in [-0.4, -0.2) is 26.2 Å². The third-order valence-corrected chi connectivity index (χ3v) is 4.58. The van der Waals surface area contributed by atoms with E-state index in [2.05, 4.69) is 12.1 Å². The molecule has 1 fully saturated rings. The van der Waals surface area contributed by atoms with Crippen LogP contribution in [0.2, 0.25) is 0 Å². The number of piperidine rings is 1. The zero-order valence-corrected chi connectivity index (χ0v) is 14.4. The van der Waals surface area contributed by atoms with Crippen LogP contribution in [0.25, 0.3) is 0 Å². The van der Waals surface area contributed by atoms with E-state index in [1.807, 2.05) is 42.5 Å². The maximum absolute atomic E-state index is 5.85. The van der Waals surface area contributed by atoms with Crippen molar-refractivity contribution in [3.63, 3.8) is 0 Å². The largest absolute Gasteiger partial charge is 0.493 e. The molecule has 3 heteroatoms. The average Bonchev–Trinajstić information content (AvgIpc) is 2.66. The summed E-state index contributed by atoms with van der Waals surface area (Å²) in [7, 11) is 0. The molecule has 3 nitrogen and oxygen atoms in total. The van der Waals surface area contributed by atoms with Crippen molar-refractivity contribution in [1.29, 1.82) is 0 Å². The molecule has 0 atom stereocenters. The maximum Gasteiger partial charge on any atom is 0.120 e. The monoisotopic (exact) mass is 326 g/mol. The highest BCUT2D eigenvalue weighted by molar-refractivity contribution is 5.31. The van der Waals surface area contributed by atoms with E-state index in [-0.39, 0.29) is 0 Å². The Hall–Kier alpha value is -2.00. The van der Waals surface area contributed by atoms with E-state index in [4.69, 9.17) is 9.47 Å². The number of benzene rings is 2. The molecule has 1 saturated heterocycles. The van der Waals surface area contributed by atoms with Gasteiger partial charge in [0, 0.05) is 6.42 Å². The van der Waals surface area contributed by atoms with Crippen molar-refractivity contribution >= 4 is 0 Å². The second-order valence-electron chi connectivity index (χ2n) is 6.51. The molecule has 0 unspecified atom stereocenters. The molecule has 2 aromatic rings. The number of rotatable bonds is 8. The third kappa shape index (κ3) is 5.57. The number of quaternary nitrogens is 1. The molecule has 0 spiro atoms. The normalized spacial score (nSPS) is 15.2. The molecular weight excluding hydrogens is 298 g/mol. The van der Waals surface area contributed by atoms with Gasteiger partial charge in [0.1, 0.15) is 18.1 Å². The molecular formula is C21H28NO2+. The Morgan fingerprint density at radius 1 is 0.750 bits per heavy atom. The van der Waals surface area contributed by atoms with Crippen LogP contribution >= 0.6 is 0 Å². The van der Waals surface area contributed by atoms with Crippen LogP contribution in [0, 0.1) is 0 Å². The lowest BCUT2D eigenvalue weighted by molar-refractivity contribution is -0.905. The predicted molar refractivity (Wildman–Crippen MR) is 96.7 cm³/mol. The summed E-state index contributed by atoms with van der Waals surface area (Å²) in [4.78, 5) is 1.74. The minimum absolute atomic E-state index is 0.597. The Bertz CT molecular complexity index is 577. The van der Waals surface area contributed by atoms with Crippen LogP contribution in [0.1, 0.15) is 31.2 Å². The van der Waals surface area contributed by atoms with Gasteiger partial charge in [-0.15, -0.1) is 0 Å². The van der Waals surface area contributed by atoms with Gasteiger partial charge in [0.2, 0.25) is 0 Å². The fourth-order valence-electron chi connectivity index (χ4n) is 3.19. The lowest BCUT2D eigenvalue weighted by Crippen LogP contribution is -3.12. The van der Waals surface area contributed by atoms with Crippen molar-refractivity contribution in [3.8, 4) is 11.5 Å². The Kier molecular flexibility index (Phi) is 6.55. The van der Waals surface area contributed by atoms with E-state index >= 15 is 0 Å². The molecule has 0 saturated carbocycles. The molecule has 0 aliphatic carbocycles. The van der Waals surface area contributed by atoms with Crippen LogP contribution in [0.4, 0.5) is 0 Å². The number of likely N-dealkylation sites (tertiary alicyclic amines) is 1. The van der Waals surface area contributed by atoms with Gasteiger partial charge in [0.15, 0.2) is 0 Å². The summed E-state index contributed by atoms with van der Waals surface area (Å²) in [6.45, 7) is 5.31. The summed E-state index contributed by atoms with van der Waals surface area (Å²) in [6, 6.07) is 18.2. The first-order valence-electron chi connectivity index (χ1n) is 9.13. The number of ether oxygens (including phenoxy) is 2. The van der Waals surface area contributed by atoms with E-state index in [1.54, 1.807) is 4.90 Å². The zero-order chi connectivity index (χ0) is 16.5. The molecule has 0 amide bonds. The SMILES string of the molecule is c1ccc(COc2ccc(OCCC[NH+]3CCCCC3)cc2)cc1. The van der Waals surface area contributed by atoms with Crippen LogP contribution < -0.4 is 14.4 Å². The molecule has 2 aromatic carbocycles. The van der Waals surface area contributed by atoms with E-state index in [1.165, 1.54) is 44.5 Å². The van der Waals surface area contributed by atoms with Gasteiger partial charge >= 0.3 is 0 Å². The van der Waals surface area contributed by atoms with Crippen LogP contribution in [0.5, 0.6) is 11.5 Å². The third-order valence-electron chi connectivity index (χ3n) is 4.58. The fourth-order valence-corrected chi connectivity index (χ4v) is 3.19. The fraction of sp³-hybridized carbons (Fsp3) is 0.429. The minimum Gasteiger partial charge on any atom is -0.493 e. The van der Waals surface area contributed by atoms with Crippen molar-refractivity contribution in [1.82, 2.24) is 0 Å². The first-order chi connectivity index (χ1) is 11.9. The first-order valence-corrected chi connectivity index (χ1v) is 9.13. The Morgan fingerprint density at radius 2 is 1.42 bits per heavy atom. The number of hydrogen-bond donors (Lipinski definition) is 1. The van der Waals surface area contributed by atoms with E-state index in [0.29, 0.717) is 6.61 Å². The van der Waals surface area contributed by atoms with Crippen molar-refractivity contribution in [3.05, 3.63) is 60.2 Å².